The number of carboxylic acids is 1. The molecule has 126 valence electrons. The quantitative estimate of drug-likeness (QED) is 0.707. The zero-order chi connectivity index (χ0) is 17.2. The smallest absolute Gasteiger partial charge is 0.263 e. The number of hydrogen-bond acceptors (Lipinski definition) is 6. The van der Waals surface area contributed by atoms with Gasteiger partial charge in [-0.1, -0.05) is 17.8 Å². The molecule has 1 saturated heterocycles. The van der Waals surface area contributed by atoms with Crippen molar-refractivity contribution in [3.63, 3.8) is 0 Å². The summed E-state index contributed by atoms with van der Waals surface area (Å²) in [6.07, 6.45) is 0. The van der Waals surface area contributed by atoms with E-state index in [9.17, 15) is 14.7 Å². The number of carbonyl (C=O) groups excluding carboxylic acids is 2. The molecule has 0 spiro atoms. The summed E-state index contributed by atoms with van der Waals surface area (Å²) in [5.74, 6) is -0.752. The maximum Gasteiger partial charge on any atom is 0.263 e. The lowest BCUT2D eigenvalue weighted by Gasteiger charge is -2.21. The van der Waals surface area contributed by atoms with Gasteiger partial charge in [0.1, 0.15) is 29.1 Å². The molecule has 3 N–H and O–H groups in total. The molecular formula is C15H20N2O5S. The third-order valence-electron chi connectivity index (χ3n) is 3.73. The second-order valence-corrected chi connectivity index (χ2v) is 7.44. The first kappa shape index (κ1) is 17.4. The predicted molar refractivity (Wildman–Crippen MR) is 83.2 cm³/mol. The molecule has 8 heteroatoms. The predicted octanol–water partition coefficient (Wildman–Crippen LogP) is -1.08. The fourth-order valence-corrected chi connectivity index (χ4v) is 3.94. The molecular weight excluding hydrogens is 320 g/mol. The fourth-order valence-electron chi connectivity index (χ4n) is 2.56. The first-order chi connectivity index (χ1) is 10.8. The summed E-state index contributed by atoms with van der Waals surface area (Å²) in [7, 11) is 2.94. The topological polar surface area (TPSA) is 104 Å². The number of ether oxygens (including phenoxy) is 2. The zero-order valence-electron chi connectivity index (χ0n) is 13.4. The van der Waals surface area contributed by atoms with Gasteiger partial charge < -0.3 is 24.7 Å². The number of quaternary nitrogens is 1. The van der Waals surface area contributed by atoms with Gasteiger partial charge in [-0.3, -0.25) is 10.1 Å². The van der Waals surface area contributed by atoms with Gasteiger partial charge in [-0.25, -0.2) is 0 Å². The number of carbonyl (C=O) groups is 2. The van der Waals surface area contributed by atoms with Crippen LogP contribution in [-0.4, -0.2) is 42.4 Å². The van der Waals surface area contributed by atoms with Crippen LogP contribution in [0.15, 0.2) is 18.2 Å². The van der Waals surface area contributed by atoms with Crippen LogP contribution in [0.5, 0.6) is 11.5 Å². The standard InChI is InChI=1S/C15H20N2O5S/c1-15(2)11(13(19)20)16-14(23-15)17-12(18)10-8(21-3)6-5-7-9(10)22-4/h5-7,11,14,16H,1-4H3,(H,17,18)(H,19,20)/t11-,14-/m0/s1. The van der Waals surface area contributed by atoms with Crippen molar-refractivity contribution in [1.29, 1.82) is 0 Å². The molecule has 0 bridgehead atoms. The average Bonchev–Trinajstić information content (AvgIpc) is 2.80. The number of benzene rings is 1. The van der Waals surface area contributed by atoms with E-state index in [1.807, 2.05) is 13.8 Å². The molecule has 0 saturated carbocycles. The minimum atomic E-state index is -1.14. The molecule has 7 nitrogen and oxygen atoms in total. The van der Waals surface area contributed by atoms with Gasteiger partial charge in [0.2, 0.25) is 5.50 Å². The Morgan fingerprint density at radius 2 is 1.83 bits per heavy atom. The second kappa shape index (κ2) is 6.67. The van der Waals surface area contributed by atoms with Crippen molar-refractivity contribution in [3.8, 4) is 11.5 Å². The largest absolute Gasteiger partial charge is 0.544 e. The Kier molecular flexibility index (Phi) is 5.06. The van der Waals surface area contributed by atoms with E-state index in [-0.39, 0.29) is 11.5 Å². The van der Waals surface area contributed by atoms with Crippen LogP contribution in [-0.2, 0) is 4.79 Å². The number of aliphatic carboxylic acids is 1. The summed E-state index contributed by atoms with van der Waals surface area (Å²) < 4.78 is 9.87. The fraction of sp³-hybridized carbons (Fsp3) is 0.467. The maximum atomic E-state index is 12.6. The van der Waals surface area contributed by atoms with E-state index in [4.69, 9.17) is 9.47 Å². The summed E-state index contributed by atoms with van der Waals surface area (Å²) in [5.41, 5.74) is -0.156. The Labute approximate surface area is 138 Å². The molecule has 0 aliphatic carbocycles. The van der Waals surface area contributed by atoms with Crippen LogP contribution in [0.3, 0.4) is 0 Å². The molecule has 0 radical (unpaired) electrons. The summed E-state index contributed by atoms with van der Waals surface area (Å²) in [6, 6.07) is 4.31. The van der Waals surface area contributed by atoms with Crippen molar-refractivity contribution in [2.24, 2.45) is 0 Å². The highest BCUT2D eigenvalue weighted by molar-refractivity contribution is 8.01. The van der Waals surface area contributed by atoms with Crippen molar-refractivity contribution in [3.05, 3.63) is 23.8 Å². The van der Waals surface area contributed by atoms with Crippen molar-refractivity contribution < 1.29 is 29.5 Å². The normalized spacial score (nSPS) is 22.4. The highest BCUT2D eigenvalue weighted by atomic mass is 32.2. The van der Waals surface area contributed by atoms with Crippen LogP contribution in [0.25, 0.3) is 0 Å². The van der Waals surface area contributed by atoms with Gasteiger partial charge in [-0.15, -0.1) is 0 Å². The summed E-state index contributed by atoms with van der Waals surface area (Å²) in [6.45, 7) is 3.62. The van der Waals surface area contributed by atoms with Crippen LogP contribution in [0.2, 0.25) is 0 Å². The van der Waals surface area contributed by atoms with Gasteiger partial charge in [0.05, 0.1) is 19.0 Å². The van der Waals surface area contributed by atoms with Crippen molar-refractivity contribution in [2.75, 3.05) is 14.2 Å². The van der Waals surface area contributed by atoms with E-state index in [0.717, 1.165) is 0 Å². The van der Waals surface area contributed by atoms with Gasteiger partial charge in [0.25, 0.3) is 5.91 Å². The zero-order valence-corrected chi connectivity index (χ0v) is 14.2. The SMILES string of the molecule is COc1cccc(OC)c1C(=O)N[C@@H]1[NH2+][C@@H](C(=O)[O-])C(C)(C)S1. The van der Waals surface area contributed by atoms with Crippen LogP contribution >= 0.6 is 11.8 Å². The number of carboxylic acid groups (broad SMARTS) is 1. The molecule has 1 heterocycles. The van der Waals surface area contributed by atoms with Crippen molar-refractivity contribution in [1.82, 2.24) is 5.32 Å². The van der Waals surface area contributed by atoms with Crippen LogP contribution in [0.4, 0.5) is 0 Å². The second-order valence-electron chi connectivity index (χ2n) is 5.64. The molecule has 1 aliphatic heterocycles. The first-order valence-electron chi connectivity index (χ1n) is 7.05. The highest BCUT2D eigenvalue weighted by Gasteiger charge is 2.46. The van der Waals surface area contributed by atoms with Crippen molar-refractivity contribution in [2.45, 2.75) is 30.1 Å². The minimum absolute atomic E-state index is 0.279. The van der Waals surface area contributed by atoms with Gasteiger partial charge in [0.15, 0.2) is 0 Å². The lowest BCUT2D eigenvalue weighted by atomic mass is 10.0. The third kappa shape index (κ3) is 3.53. The molecule has 1 fully saturated rings. The summed E-state index contributed by atoms with van der Waals surface area (Å²) in [5, 5.41) is 15.6. The monoisotopic (exact) mass is 340 g/mol. The van der Waals surface area contributed by atoms with E-state index in [2.05, 4.69) is 5.32 Å². The van der Waals surface area contributed by atoms with E-state index in [1.54, 1.807) is 23.5 Å². The number of nitrogens with two attached hydrogens (primary N) is 1. The summed E-state index contributed by atoms with van der Waals surface area (Å²) in [4.78, 5) is 23.8. The van der Waals surface area contributed by atoms with Crippen molar-refractivity contribution >= 4 is 23.6 Å². The molecule has 1 aliphatic rings. The molecule has 23 heavy (non-hydrogen) atoms. The van der Waals surface area contributed by atoms with Gasteiger partial charge in [-0.05, 0) is 26.0 Å². The van der Waals surface area contributed by atoms with Crippen LogP contribution < -0.4 is 25.2 Å². The number of thioether (sulfide) groups is 1. The summed E-state index contributed by atoms with van der Waals surface area (Å²) >= 11 is 1.36. The van der Waals surface area contributed by atoms with Gasteiger partial charge in [0, 0.05) is 0 Å². The third-order valence-corrected chi connectivity index (χ3v) is 5.12. The van der Waals surface area contributed by atoms with Gasteiger partial charge in [-0.2, -0.15) is 0 Å². The maximum absolute atomic E-state index is 12.6. The van der Waals surface area contributed by atoms with E-state index >= 15 is 0 Å². The lowest BCUT2D eigenvalue weighted by Crippen LogP contribution is -2.98. The Balaban J connectivity index is 2.19. The van der Waals surface area contributed by atoms with Crippen LogP contribution in [0.1, 0.15) is 24.2 Å². The van der Waals surface area contributed by atoms with Gasteiger partial charge >= 0.3 is 0 Å². The number of nitrogens with one attached hydrogen (secondary N) is 1. The Morgan fingerprint density at radius 1 is 1.26 bits per heavy atom. The number of hydrogen-bond donors (Lipinski definition) is 2. The van der Waals surface area contributed by atoms with E-state index in [1.165, 1.54) is 26.0 Å². The molecule has 0 unspecified atom stereocenters. The Bertz CT molecular complexity index is 598. The van der Waals surface area contributed by atoms with E-state index in [0.29, 0.717) is 11.5 Å². The Hall–Kier alpha value is -1.93. The molecule has 1 aromatic carbocycles. The van der Waals surface area contributed by atoms with E-state index < -0.39 is 22.3 Å². The molecule has 0 aromatic heterocycles. The molecule has 1 aromatic rings. The first-order valence-corrected chi connectivity index (χ1v) is 7.93. The number of amides is 1. The Morgan fingerprint density at radius 3 is 2.26 bits per heavy atom. The van der Waals surface area contributed by atoms with Crippen LogP contribution in [0, 0.1) is 0 Å². The molecule has 1 amide bonds. The number of methoxy groups -OCH3 is 2. The molecule has 2 atom stereocenters. The lowest BCUT2D eigenvalue weighted by molar-refractivity contribution is -0.692. The highest BCUT2D eigenvalue weighted by Crippen LogP contribution is 2.33. The molecule has 2 rings (SSSR count). The number of rotatable bonds is 5. The minimum Gasteiger partial charge on any atom is -0.544 e. The average molecular weight is 340 g/mol.